The number of hydrogen-bond acceptors (Lipinski definition) is 1. The number of carbonyl (C=O) groups is 1. The van der Waals surface area contributed by atoms with Gasteiger partial charge in [-0.25, -0.2) is 0 Å². The van der Waals surface area contributed by atoms with Gasteiger partial charge < -0.3 is 5.32 Å². The van der Waals surface area contributed by atoms with Crippen LogP contribution in [0.3, 0.4) is 0 Å². The van der Waals surface area contributed by atoms with Crippen molar-refractivity contribution in [2.45, 2.75) is 13.1 Å². The van der Waals surface area contributed by atoms with Crippen LogP contribution in [-0.4, -0.2) is 12.1 Å². The zero-order valence-corrected chi connectivity index (χ0v) is 12.9. The summed E-state index contributed by atoms with van der Waals surface area (Å²) in [6.45, 7) is 1.81. The highest BCUT2D eigenvalue weighted by Gasteiger charge is 2.35. The van der Waals surface area contributed by atoms with Crippen molar-refractivity contribution < 1.29 is 18.0 Å². The van der Waals surface area contributed by atoms with Crippen molar-refractivity contribution >= 4 is 28.8 Å². The maximum Gasteiger partial charge on any atom is 0.417 e. The average molecular weight is 340 g/mol. The summed E-state index contributed by atoms with van der Waals surface area (Å²) in [5.41, 5.74) is 0.0425. The molecule has 2 aromatic carbocycles. The number of nitrogens with one attached hydrogen (secondary N) is 1. The molecule has 6 heteroatoms. The molecule has 0 heterocycles. The topological polar surface area (TPSA) is 29.1 Å². The van der Waals surface area contributed by atoms with Crippen molar-refractivity contribution in [2.75, 3.05) is 5.32 Å². The van der Waals surface area contributed by atoms with E-state index in [4.69, 9.17) is 11.6 Å². The van der Waals surface area contributed by atoms with Gasteiger partial charge in [0.25, 0.3) is 0 Å². The molecule has 0 aliphatic heterocycles. The molecular formula is C17H13ClF3NO. The first-order valence-corrected chi connectivity index (χ1v) is 7.06. The number of halogens is 4. The van der Waals surface area contributed by atoms with Gasteiger partial charge in [-0.2, -0.15) is 13.2 Å². The zero-order valence-electron chi connectivity index (χ0n) is 12.1. The first-order valence-electron chi connectivity index (χ1n) is 6.69. The van der Waals surface area contributed by atoms with Crippen molar-refractivity contribution in [2.24, 2.45) is 0 Å². The van der Waals surface area contributed by atoms with Crippen LogP contribution in [0.1, 0.15) is 11.1 Å². The Morgan fingerprint density at radius 2 is 1.78 bits per heavy atom. The van der Waals surface area contributed by atoms with E-state index in [9.17, 15) is 18.0 Å². The molecule has 0 bridgehead atoms. The number of alkyl halides is 3. The Morgan fingerprint density at radius 1 is 1.13 bits per heavy atom. The van der Waals surface area contributed by atoms with Gasteiger partial charge in [0.1, 0.15) is 0 Å². The molecule has 0 fully saturated rings. The number of carbonyl (C=O) groups excluding carboxylic acids is 1. The summed E-state index contributed by atoms with van der Waals surface area (Å²) in [5.74, 6) is -0.896. The third kappa shape index (κ3) is 4.60. The Bertz CT molecular complexity index is 739. The van der Waals surface area contributed by atoms with Crippen LogP contribution >= 0.6 is 11.6 Å². The molecule has 0 aliphatic rings. The molecule has 0 spiro atoms. The SMILES string of the molecule is Cc1ccc(NC(=O)/C=C(/c2ccccc2)C(F)(F)F)c(Cl)c1. The summed E-state index contributed by atoms with van der Waals surface area (Å²) in [7, 11) is 0. The summed E-state index contributed by atoms with van der Waals surface area (Å²) in [6, 6.07) is 12.0. The number of rotatable bonds is 3. The molecule has 2 aromatic rings. The molecule has 1 N–H and O–H groups in total. The maximum atomic E-state index is 13.2. The minimum atomic E-state index is -4.64. The highest BCUT2D eigenvalue weighted by molar-refractivity contribution is 6.34. The lowest BCUT2D eigenvalue weighted by Gasteiger charge is -2.12. The molecule has 120 valence electrons. The van der Waals surface area contributed by atoms with Crippen LogP contribution in [0.15, 0.2) is 54.6 Å². The van der Waals surface area contributed by atoms with E-state index in [-0.39, 0.29) is 16.3 Å². The van der Waals surface area contributed by atoms with E-state index in [1.807, 2.05) is 6.92 Å². The van der Waals surface area contributed by atoms with E-state index in [2.05, 4.69) is 5.32 Å². The van der Waals surface area contributed by atoms with Crippen molar-refractivity contribution in [3.63, 3.8) is 0 Å². The van der Waals surface area contributed by atoms with Gasteiger partial charge in [0.05, 0.1) is 16.3 Å². The molecule has 1 amide bonds. The van der Waals surface area contributed by atoms with Gasteiger partial charge in [0.2, 0.25) is 5.91 Å². The number of hydrogen-bond donors (Lipinski definition) is 1. The van der Waals surface area contributed by atoms with Crippen LogP contribution in [-0.2, 0) is 4.79 Å². The van der Waals surface area contributed by atoms with Gasteiger partial charge in [-0.1, -0.05) is 48.0 Å². The normalized spacial score (nSPS) is 12.1. The van der Waals surface area contributed by atoms with Crippen LogP contribution < -0.4 is 5.32 Å². The number of aryl methyl sites for hydroxylation is 1. The molecule has 23 heavy (non-hydrogen) atoms. The van der Waals surface area contributed by atoms with Crippen LogP contribution in [0, 0.1) is 6.92 Å². The quantitative estimate of drug-likeness (QED) is 0.762. The van der Waals surface area contributed by atoms with E-state index in [0.717, 1.165) is 5.56 Å². The van der Waals surface area contributed by atoms with E-state index in [0.29, 0.717) is 6.08 Å². The summed E-state index contributed by atoms with van der Waals surface area (Å²) >= 11 is 5.96. The molecule has 0 aliphatic carbocycles. The minimum Gasteiger partial charge on any atom is -0.321 e. The molecule has 0 saturated carbocycles. The van der Waals surface area contributed by atoms with Crippen LogP contribution in [0.4, 0.5) is 18.9 Å². The first kappa shape index (κ1) is 17.1. The van der Waals surface area contributed by atoms with Crippen molar-refractivity contribution in [3.8, 4) is 0 Å². The Balaban J connectivity index is 2.30. The fourth-order valence-electron chi connectivity index (χ4n) is 1.97. The molecular weight excluding hydrogens is 327 g/mol. The number of allylic oxidation sites excluding steroid dienone is 1. The van der Waals surface area contributed by atoms with Crippen LogP contribution in [0.5, 0.6) is 0 Å². The summed E-state index contributed by atoms with van der Waals surface area (Å²) in [5, 5.41) is 2.63. The highest BCUT2D eigenvalue weighted by Crippen LogP contribution is 2.33. The maximum absolute atomic E-state index is 13.2. The Labute approximate surface area is 136 Å². The summed E-state index contributed by atoms with van der Waals surface area (Å²) < 4.78 is 39.5. The van der Waals surface area contributed by atoms with Gasteiger partial charge in [0, 0.05) is 6.08 Å². The van der Waals surface area contributed by atoms with Crippen molar-refractivity contribution in [1.82, 2.24) is 0 Å². The van der Waals surface area contributed by atoms with Gasteiger partial charge in [-0.3, -0.25) is 4.79 Å². The Morgan fingerprint density at radius 3 is 2.35 bits per heavy atom. The standard InChI is InChI=1S/C17H13ClF3NO/c1-11-7-8-15(14(18)9-11)22-16(23)10-13(17(19,20)21)12-5-3-2-4-6-12/h2-10H,1H3,(H,22,23)/b13-10-. The van der Waals surface area contributed by atoms with Gasteiger partial charge in [-0.05, 0) is 30.2 Å². The molecule has 2 nitrogen and oxygen atoms in total. The van der Waals surface area contributed by atoms with E-state index in [1.54, 1.807) is 24.3 Å². The Hall–Kier alpha value is -2.27. The monoisotopic (exact) mass is 339 g/mol. The number of anilines is 1. The highest BCUT2D eigenvalue weighted by atomic mass is 35.5. The van der Waals surface area contributed by atoms with Gasteiger partial charge in [0.15, 0.2) is 0 Å². The predicted octanol–water partition coefficient (Wildman–Crippen LogP) is 5.23. The number of benzene rings is 2. The van der Waals surface area contributed by atoms with E-state index in [1.165, 1.54) is 24.3 Å². The molecule has 0 aromatic heterocycles. The summed E-state index contributed by atoms with van der Waals surface area (Å²) in [6.07, 6.45) is -4.11. The van der Waals surface area contributed by atoms with Crippen molar-refractivity contribution in [3.05, 3.63) is 70.8 Å². The molecule has 0 radical (unpaired) electrons. The minimum absolute atomic E-state index is 0.0786. The number of amides is 1. The second kappa shape index (κ2) is 6.87. The lowest BCUT2D eigenvalue weighted by Crippen LogP contribution is -2.16. The van der Waals surface area contributed by atoms with E-state index < -0.39 is 17.7 Å². The average Bonchev–Trinajstić information content (AvgIpc) is 2.47. The van der Waals surface area contributed by atoms with Gasteiger partial charge >= 0.3 is 6.18 Å². The smallest absolute Gasteiger partial charge is 0.321 e. The Kier molecular flexibility index (Phi) is 5.11. The first-order chi connectivity index (χ1) is 10.8. The largest absolute Gasteiger partial charge is 0.417 e. The fourth-order valence-corrected chi connectivity index (χ4v) is 2.25. The fraction of sp³-hybridized carbons (Fsp3) is 0.118. The predicted molar refractivity (Wildman–Crippen MR) is 85.3 cm³/mol. The summed E-state index contributed by atoms with van der Waals surface area (Å²) in [4.78, 5) is 11.9. The third-order valence-corrected chi connectivity index (χ3v) is 3.36. The lowest BCUT2D eigenvalue weighted by atomic mass is 10.1. The molecule has 0 unspecified atom stereocenters. The van der Waals surface area contributed by atoms with E-state index >= 15 is 0 Å². The van der Waals surface area contributed by atoms with Crippen molar-refractivity contribution in [1.29, 1.82) is 0 Å². The third-order valence-electron chi connectivity index (χ3n) is 3.05. The second-order valence-corrected chi connectivity index (χ2v) is 5.30. The van der Waals surface area contributed by atoms with Gasteiger partial charge in [-0.15, -0.1) is 0 Å². The van der Waals surface area contributed by atoms with Crippen LogP contribution in [0.2, 0.25) is 5.02 Å². The lowest BCUT2D eigenvalue weighted by molar-refractivity contribution is -0.112. The molecule has 2 rings (SSSR count). The zero-order chi connectivity index (χ0) is 17.0. The molecule has 0 saturated heterocycles. The molecule has 0 atom stereocenters. The van der Waals surface area contributed by atoms with Crippen LogP contribution in [0.25, 0.3) is 5.57 Å². The second-order valence-electron chi connectivity index (χ2n) is 4.89.